The Bertz CT molecular complexity index is 206. The van der Waals surface area contributed by atoms with Gasteiger partial charge in [-0.3, -0.25) is 0 Å². The highest BCUT2D eigenvalue weighted by Crippen LogP contribution is 2.27. The van der Waals surface area contributed by atoms with Crippen LogP contribution in [0, 0.1) is 5.92 Å². The third kappa shape index (κ3) is 0.942. The second-order valence-corrected chi connectivity index (χ2v) is 2.94. The first-order chi connectivity index (χ1) is 4.97. The summed E-state index contributed by atoms with van der Waals surface area (Å²) in [6.45, 7) is 0. The monoisotopic (exact) mass is 132 g/mol. The van der Waals surface area contributed by atoms with Gasteiger partial charge < -0.3 is 0 Å². The number of hydrogen-bond acceptors (Lipinski definition) is 0. The van der Waals surface area contributed by atoms with Crippen LogP contribution >= 0.6 is 0 Å². The standard InChI is InChI=1S/C10H12/c1-2-6-10-8-4-3-7-9(10)5-1/h1,3,5-7,9H,2,4,8H2. The molecule has 0 amide bonds. The van der Waals surface area contributed by atoms with E-state index < -0.39 is 0 Å². The molecule has 2 rings (SSSR count). The third-order valence-electron chi connectivity index (χ3n) is 2.23. The molecule has 1 unspecified atom stereocenters. The van der Waals surface area contributed by atoms with Gasteiger partial charge >= 0.3 is 0 Å². The average Bonchev–Trinajstić information content (AvgIpc) is 2.05. The lowest BCUT2D eigenvalue weighted by molar-refractivity contribution is 0.782. The predicted molar refractivity (Wildman–Crippen MR) is 43.7 cm³/mol. The minimum atomic E-state index is 0.655. The van der Waals surface area contributed by atoms with Crippen molar-refractivity contribution < 1.29 is 0 Å². The zero-order valence-corrected chi connectivity index (χ0v) is 6.09. The van der Waals surface area contributed by atoms with E-state index in [2.05, 4.69) is 30.4 Å². The van der Waals surface area contributed by atoms with Gasteiger partial charge in [-0.15, -0.1) is 0 Å². The molecule has 0 saturated heterocycles. The molecular weight excluding hydrogens is 120 g/mol. The van der Waals surface area contributed by atoms with Crippen molar-refractivity contribution in [1.29, 1.82) is 0 Å². The maximum Gasteiger partial charge on any atom is 0.0157 e. The fourth-order valence-electron chi connectivity index (χ4n) is 1.65. The molecule has 0 bridgehead atoms. The van der Waals surface area contributed by atoms with Crippen LogP contribution in [0.25, 0.3) is 0 Å². The summed E-state index contributed by atoms with van der Waals surface area (Å²) >= 11 is 0. The van der Waals surface area contributed by atoms with Crippen molar-refractivity contribution in [3.05, 3.63) is 36.0 Å². The molecular formula is C10H12. The van der Waals surface area contributed by atoms with Crippen molar-refractivity contribution >= 4 is 0 Å². The van der Waals surface area contributed by atoms with Crippen molar-refractivity contribution in [1.82, 2.24) is 0 Å². The highest BCUT2D eigenvalue weighted by molar-refractivity contribution is 5.27. The smallest absolute Gasteiger partial charge is 0.0157 e. The molecule has 0 aromatic heterocycles. The second-order valence-electron chi connectivity index (χ2n) is 2.94. The number of fused-ring (bicyclic) bond motifs is 1. The van der Waals surface area contributed by atoms with Crippen LogP contribution < -0.4 is 0 Å². The summed E-state index contributed by atoms with van der Waals surface area (Å²) in [5.74, 6) is 0.655. The number of rotatable bonds is 0. The Kier molecular flexibility index (Phi) is 1.46. The van der Waals surface area contributed by atoms with Crippen LogP contribution in [0.4, 0.5) is 0 Å². The molecule has 2 aliphatic carbocycles. The third-order valence-corrected chi connectivity index (χ3v) is 2.23. The summed E-state index contributed by atoms with van der Waals surface area (Å²) in [6.07, 6.45) is 15.2. The van der Waals surface area contributed by atoms with Crippen molar-refractivity contribution in [3.63, 3.8) is 0 Å². The van der Waals surface area contributed by atoms with E-state index in [1.54, 1.807) is 5.57 Å². The van der Waals surface area contributed by atoms with Gasteiger partial charge in [-0.1, -0.05) is 36.0 Å². The molecule has 0 aromatic rings. The molecule has 0 heterocycles. The Morgan fingerprint density at radius 3 is 3.00 bits per heavy atom. The van der Waals surface area contributed by atoms with Crippen LogP contribution in [0.3, 0.4) is 0 Å². The zero-order valence-electron chi connectivity index (χ0n) is 6.09. The minimum Gasteiger partial charge on any atom is -0.0873 e. The summed E-state index contributed by atoms with van der Waals surface area (Å²) in [6, 6.07) is 0. The van der Waals surface area contributed by atoms with Crippen molar-refractivity contribution in [2.24, 2.45) is 5.92 Å². The highest BCUT2D eigenvalue weighted by atomic mass is 14.2. The van der Waals surface area contributed by atoms with Crippen LogP contribution in [0.1, 0.15) is 19.3 Å². The summed E-state index contributed by atoms with van der Waals surface area (Å²) in [7, 11) is 0. The van der Waals surface area contributed by atoms with Crippen LogP contribution in [-0.2, 0) is 0 Å². The maximum absolute atomic E-state index is 2.37. The van der Waals surface area contributed by atoms with Gasteiger partial charge in [0, 0.05) is 5.92 Å². The molecule has 0 aliphatic heterocycles. The second kappa shape index (κ2) is 2.45. The lowest BCUT2D eigenvalue weighted by Gasteiger charge is -2.19. The molecule has 52 valence electrons. The molecule has 0 fully saturated rings. The quantitative estimate of drug-likeness (QED) is 0.444. The first-order valence-electron chi connectivity index (χ1n) is 3.99. The fraction of sp³-hybridized carbons (Fsp3) is 0.400. The fourth-order valence-corrected chi connectivity index (χ4v) is 1.65. The van der Waals surface area contributed by atoms with Crippen LogP contribution in [0.2, 0.25) is 0 Å². The lowest BCUT2D eigenvalue weighted by atomic mass is 9.86. The normalized spacial score (nSPS) is 29.6. The summed E-state index contributed by atoms with van der Waals surface area (Å²) in [5.41, 5.74) is 1.63. The average molecular weight is 132 g/mol. The topological polar surface area (TPSA) is 0 Å². The highest BCUT2D eigenvalue weighted by Gasteiger charge is 2.12. The van der Waals surface area contributed by atoms with E-state index in [9.17, 15) is 0 Å². The molecule has 0 spiro atoms. The molecule has 0 saturated carbocycles. The van der Waals surface area contributed by atoms with Gasteiger partial charge in [0.2, 0.25) is 0 Å². The number of hydrogen-bond donors (Lipinski definition) is 0. The lowest BCUT2D eigenvalue weighted by Crippen LogP contribution is -2.04. The molecule has 0 radical (unpaired) electrons. The van der Waals surface area contributed by atoms with Crippen LogP contribution in [0.15, 0.2) is 36.0 Å². The van der Waals surface area contributed by atoms with Gasteiger partial charge in [-0.25, -0.2) is 0 Å². The van der Waals surface area contributed by atoms with Gasteiger partial charge in [0.15, 0.2) is 0 Å². The van der Waals surface area contributed by atoms with E-state index in [1.807, 2.05) is 0 Å². The molecule has 0 heteroatoms. The van der Waals surface area contributed by atoms with E-state index >= 15 is 0 Å². The number of allylic oxidation sites excluding steroid dienone is 6. The Hall–Kier alpha value is -0.780. The van der Waals surface area contributed by atoms with E-state index in [4.69, 9.17) is 0 Å². The van der Waals surface area contributed by atoms with E-state index in [1.165, 1.54) is 12.8 Å². The van der Waals surface area contributed by atoms with Crippen molar-refractivity contribution in [2.45, 2.75) is 19.3 Å². The summed E-state index contributed by atoms with van der Waals surface area (Å²) < 4.78 is 0. The summed E-state index contributed by atoms with van der Waals surface area (Å²) in [4.78, 5) is 0. The zero-order chi connectivity index (χ0) is 6.81. The Labute approximate surface area is 61.9 Å². The molecule has 10 heavy (non-hydrogen) atoms. The molecule has 2 aliphatic rings. The Balaban J connectivity index is 2.26. The van der Waals surface area contributed by atoms with Crippen molar-refractivity contribution in [2.75, 3.05) is 0 Å². The van der Waals surface area contributed by atoms with E-state index in [0.717, 1.165) is 6.42 Å². The molecule has 0 N–H and O–H groups in total. The van der Waals surface area contributed by atoms with Crippen LogP contribution in [-0.4, -0.2) is 0 Å². The molecule has 0 nitrogen and oxygen atoms in total. The largest absolute Gasteiger partial charge is 0.0873 e. The Morgan fingerprint density at radius 1 is 1.20 bits per heavy atom. The van der Waals surface area contributed by atoms with Crippen LogP contribution in [0.5, 0.6) is 0 Å². The minimum absolute atomic E-state index is 0.655. The van der Waals surface area contributed by atoms with E-state index in [-0.39, 0.29) is 0 Å². The van der Waals surface area contributed by atoms with Gasteiger partial charge in [0.05, 0.1) is 0 Å². The van der Waals surface area contributed by atoms with Crippen molar-refractivity contribution in [3.8, 4) is 0 Å². The first-order valence-corrected chi connectivity index (χ1v) is 3.99. The maximum atomic E-state index is 2.37. The summed E-state index contributed by atoms with van der Waals surface area (Å²) in [5, 5.41) is 0. The van der Waals surface area contributed by atoms with Gasteiger partial charge in [-0.2, -0.15) is 0 Å². The molecule has 1 atom stereocenters. The molecule has 0 aromatic carbocycles. The van der Waals surface area contributed by atoms with Gasteiger partial charge in [0.1, 0.15) is 0 Å². The SMILES string of the molecule is C1=CC2C=CCCC2=CC1. The predicted octanol–water partition coefficient (Wildman–Crippen LogP) is 2.84. The van der Waals surface area contributed by atoms with Gasteiger partial charge in [-0.05, 0) is 19.3 Å². The first kappa shape index (κ1) is 5.96. The van der Waals surface area contributed by atoms with E-state index in [0.29, 0.717) is 5.92 Å². The Morgan fingerprint density at radius 2 is 2.10 bits per heavy atom. The van der Waals surface area contributed by atoms with Gasteiger partial charge in [0.25, 0.3) is 0 Å².